The van der Waals surface area contributed by atoms with E-state index in [0.29, 0.717) is 58.3 Å². The molecule has 4 rings (SSSR count). The number of rotatable bonds is 4. The minimum Gasteiger partial charge on any atom is -0.340 e. The Hall–Kier alpha value is -2.12. The number of piperazine rings is 1. The Bertz CT molecular complexity index is 1080. The Balaban J connectivity index is 1.67. The molecular weight excluding hydrogens is 483 g/mol. The fourth-order valence-electron chi connectivity index (χ4n) is 4.14. The van der Waals surface area contributed by atoms with Crippen LogP contribution < -0.4 is 4.90 Å². The fourth-order valence-corrected chi connectivity index (χ4v) is 4.76. The molecular formula is C24H25Cl3N4O2. The van der Waals surface area contributed by atoms with E-state index < -0.39 is 0 Å². The summed E-state index contributed by atoms with van der Waals surface area (Å²) in [7, 11) is 0. The lowest BCUT2D eigenvalue weighted by Crippen LogP contribution is -2.55. The highest BCUT2D eigenvalue weighted by Gasteiger charge is 2.36. The van der Waals surface area contributed by atoms with Gasteiger partial charge in [-0.3, -0.25) is 19.4 Å². The predicted molar refractivity (Wildman–Crippen MR) is 133 cm³/mol. The SMILES string of the molecule is CC(C)C(=O)N1CCN(C2CC(=O)N(c3ccc(Cl)cc3)C(c3ccc(Cl)cc3Cl)=N2)CC1. The minimum atomic E-state index is -0.334. The van der Waals surface area contributed by atoms with Crippen molar-refractivity contribution in [2.24, 2.45) is 10.9 Å². The maximum Gasteiger partial charge on any atom is 0.236 e. The van der Waals surface area contributed by atoms with E-state index in [4.69, 9.17) is 39.8 Å². The van der Waals surface area contributed by atoms with Crippen LogP contribution in [0.3, 0.4) is 0 Å². The second-order valence-electron chi connectivity index (χ2n) is 8.48. The fraction of sp³-hybridized carbons (Fsp3) is 0.375. The number of anilines is 1. The van der Waals surface area contributed by atoms with Crippen LogP contribution in [0.1, 0.15) is 25.8 Å². The smallest absolute Gasteiger partial charge is 0.236 e. The quantitative estimate of drug-likeness (QED) is 0.588. The van der Waals surface area contributed by atoms with E-state index in [2.05, 4.69) is 4.90 Å². The first kappa shape index (κ1) is 24.0. The lowest BCUT2D eigenvalue weighted by molar-refractivity contribution is -0.137. The first-order chi connectivity index (χ1) is 15.7. The van der Waals surface area contributed by atoms with Gasteiger partial charge < -0.3 is 4.90 Å². The van der Waals surface area contributed by atoms with Gasteiger partial charge in [-0.1, -0.05) is 48.7 Å². The molecule has 33 heavy (non-hydrogen) atoms. The van der Waals surface area contributed by atoms with Crippen LogP contribution in [0.15, 0.2) is 47.5 Å². The largest absolute Gasteiger partial charge is 0.340 e. The molecule has 2 aromatic carbocycles. The highest BCUT2D eigenvalue weighted by Crippen LogP contribution is 2.31. The number of hydrogen-bond donors (Lipinski definition) is 0. The number of aliphatic imine (C=N–C) groups is 1. The zero-order valence-corrected chi connectivity index (χ0v) is 20.7. The highest BCUT2D eigenvalue weighted by atomic mass is 35.5. The zero-order valence-electron chi connectivity index (χ0n) is 18.5. The predicted octanol–water partition coefficient (Wildman–Crippen LogP) is 4.96. The van der Waals surface area contributed by atoms with Crippen LogP contribution >= 0.6 is 34.8 Å². The van der Waals surface area contributed by atoms with E-state index in [-0.39, 0.29) is 30.3 Å². The third-order valence-electron chi connectivity index (χ3n) is 5.89. The topological polar surface area (TPSA) is 56.2 Å². The summed E-state index contributed by atoms with van der Waals surface area (Å²) in [5.74, 6) is 0.512. The highest BCUT2D eigenvalue weighted by molar-refractivity contribution is 6.39. The van der Waals surface area contributed by atoms with E-state index in [1.807, 2.05) is 18.7 Å². The Morgan fingerprint density at radius 3 is 2.21 bits per heavy atom. The van der Waals surface area contributed by atoms with Crippen LogP contribution in [-0.4, -0.2) is 59.8 Å². The van der Waals surface area contributed by atoms with Gasteiger partial charge in [0, 0.05) is 47.7 Å². The summed E-state index contributed by atoms with van der Waals surface area (Å²) in [6, 6.07) is 12.2. The summed E-state index contributed by atoms with van der Waals surface area (Å²) < 4.78 is 0. The van der Waals surface area contributed by atoms with Gasteiger partial charge in [0.05, 0.1) is 17.1 Å². The average molecular weight is 508 g/mol. The van der Waals surface area contributed by atoms with Crippen molar-refractivity contribution < 1.29 is 9.59 Å². The van der Waals surface area contributed by atoms with Gasteiger partial charge in [-0.15, -0.1) is 0 Å². The van der Waals surface area contributed by atoms with Crippen molar-refractivity contribution in [3.05, 3.63) is 63.1 Å². The van der Waals surface area contributed by atoms with Gasteiger partial charge in [-0.25, -0.2) is 4.99 Å². The molecule has 1 fully saturated rings. The lowest BCUT2D eigenvalue weighted by atomic mass is 10.1. The summed E-state index contributed by atoms with van der Waals surface area (Å²) in [5, 5.41) is 1.51. The third kappa shape index (κ3) is 5.19. The molecule has 174 valence electrons. The second kappa shape index (κ2) is 10.0. The number of halogens is 3. The first-order valence-corrected chi connectivity index (χ1v) is 12.0. The molecule has 0 bridgehead atoms. The van der Waals surface area contributed by atoms with Crippen LogP contribution in [-0.2, 0) is 9.59 Å². The van der Waals surface area contributed by atoms with Gasteiger partial charge >= 0.3 is 0 Å². The monoisotopic (exact) mass is 506 g/mol. The van der Waals surface area contributed by atoms with Crippen molar-refractivity contribution in [1.82, 2.24) is 9.80 Å². The van der Waals surface area contributed by atoms with Crippen molar-refractivity contribution in [3.8, 4) is 0 Å². The molecule has 0 spiro atoms. The van der Waals surface area contributed by atoms with Crippen LogP contribution in [0.4, 0.5) is 5.69 Å². The molecule has 2 heterocycles. The molecule has 2 aliphatic heterocycles. The molecule has 1 atom stereocenters. The third-order valence-corrected chi connectivity index (χ3v) is 6.69. The van der Waals surface area contributed by atoms with Crippen molar-refractivity contribution in [2.75, 3.05) is 31.1 Å². The lowest BCUT2D eigenvalue weighted by Gasteiger charge is -2.41. The first-order valence-electron chi connectivity index (χ1n) is 10.9. The van der Waals surface area contributed by atoms with E-state index in [1.165, 1.54) is 0 Å². The van der Waals surface area contributed by atoms with Crippen molar-refractivity contribution in [2.45, 2.75) is 26.4 Å². The van der Waals surface area contributed by atoms with Crippen molar-refractivity contribution in [3.63, 3.8) is 0 Å². The van der Waals surface area contributed by atoms with Crippen molar-refractivity contribution >= 4 is 58.1 Å². The van der Waals surface area contributed by atoms with Gasteiger partial charge in [0.25, 0.3) is 0 Å². The second-order valence-corrected chi connectivity index (χ2v) is 9.76. The summed E-state index contributed by atoms with van der Waals surface area (Å²) in [6.07, 6.45) is -0.103. The number of amidine groups is 1. The number of nitrogens with zero attached hydrogens (tertiary/aromatic N) is 4. The molecule has 6 nitrogen and oxygen atoms in total. The van der Waals surface area contributed by atoms with E-state index in [9.17, 15) is 9.59 Å². The summed E-state index contributed by atoms with van der Waals surface area (Å²) in [4.78, 5) is 36.4. The molecule has 2 aromatic rings. The van der Waals surface area contributed by atoms with Gasteiger partial charge in [-0.05, 0) is 42.5 Å². The Labute approximate surface area is 208 Å². The van der Waals surface area contributed by atoms with Gasteiger partial charge in [-0.2, -0.15) is 0 Å². The molecule has 2 amide bonds. The minimum absolute atomic E-state index is 0.0302. The Kier molecular flexibility index (Phi) is 7.29. The van der Waals surface area contributed by atoms with Crippen LogP contribution in [0.2, 0.25) is 15.1 Å². The zero-order chi connectivity index (χ0) is 23.7. The number of carbonyl (C=O) groups excluding carboxylic acids is 2. The number of amides is 2. The van der Waals surface area contributed by atoms with E-state index >= 15 is 0 Å². The summed E-state index contributed by atoms with van der Waals surface area (Å²) >= 11 is 18.7. The van der Waals surface area contributed by atoms with E-state index in [0.717, 1.165) is 0 Å². The average Bonchev–Trinajstić information content (AvgIpc) is 2.79. The molecule has 9 heteroatoms. The maximum atomic E-state index is 13.4. The maximum absolute atomic E-state index is 13.4. The number of carbonyl (C=O) groups is 2. The molecule has 0 saturated carbocycles. The van der Waals surface area contributed by atoms with Gasteiger partial charge in [0.2, 0.25) is 11.8 Å². The van der Waals surface area contributed by atoms with Crippen molar-refractivity contribution in [1.29, 1.82) is 0 Å². The summed E-state index contributed by atoms with van der Waals surface area (Å²) in [5.41, 5.74) is 1.29. The van der Waals surface area contributed by atoms with Crippen LogP contribution in [0, 0.1) is 5.92 Å². The molecule has 1 unspecified atom stereocenters. The van der Waals surface area contributed by atoms with Gasteiger partial charge in [0.15, 0.2) is 0 Å². The molecule has 0 aromatic heterocycles. The molecule has 1 saturated heterocycles. The van der Waals surface area contributed by atoms with Crippen LogP contribution in [0.25, 0.3) is 0 Å². The Morgan fingerprint density at radius 2 is 1.61 bits per heavy atom. The molecule has 0 radical (unpaired) electrons. The van der Waals surface area contributed by atoms with Gasteiger partial charge in [0.1, 0.15) is 12.0 Å². The molecule has 0 N–H and O–H groups in total. The summed E-state index contributed by atoms with van der Waals surface area (Å²) in [6.45, 7) is 6.37. The number of benzene rings is 2. The Morgan fingerprint density at radius 1 is 0.970 bits per heavy atom. The normalized spacial score (nSPS) is 19.8. The van der Waals surface area contributed by atoms with Crippen LogP contribution in [0.5, 0.6) is 0 Å². The standard InChI is InChI=1S/C24H25Cl3N4O2/c1-15(2)24(33)30-11-9-29(10-12-30)21-14-22(32)31(18-6-3-16(25)4-7-18)23(28-21)19-8-5-17(26)13-20(19)27/h3-8,13,15,21H,9-12,14H2,1-2H3. The number of hydrogen-bond acceptors (Lipinski definition) is 4. The molecule has 0 aliphatic carbocycles. The van der Waals surface area contributed by atoms with E-state index in [1.54, 1.807) is 47.4 Å². The molecule has 2 aliphatic rings.